The fourth-order valence-corrected chi connectivity index (χ4v) is 7.07. The van der Waals surface area contributed by atoms with E-state index in [1.807, 2.05) is 20.8 Å². The Labute approximate surface area is 216 Å². The third kappa shape index (κ3) is 5.48. The van der Waals surface area contributed by atoms with Crippen LogP contribution in [0.15, 0.2) is 62.4 Å². The van der Waals surface area contributed by atoms with Gasteiger partial charge in [0.1, 0.15) is 0 Å². The maximum atomic E-state index is 13.2. The van der Waals surface area contributed by atoms with E-state index in [1.54, 1.807) is 42.5 Å². The largest absolute Gasteiger partial charge is 0.465 e. The van der Waals surface area contributed by atoms with Crippen LogP contribution >= 0.6 is 31.9 Å². The number of likely N-dealkylation sites (tertiary alicyclic amines) is 1. The Morgan fingerprint density at radius 1 is 1.15 bits per heavy atom. The minimum Gasteiger partial charge on any atom is -0.465 e. The maximum absolute atomic E-state index is 13.2. The third-order valence-electron chi connectivity index (χ3n) is 6.21. The highest BCUT2D eigenvalue weighted by atomic mass is 79.9. The van der Waals surface area contributed by atoms with Crippen LogP contribution in [0, 0.1) is 5.41 Å². The molecule has 0 radical (unpaired) electrons. The molecule has 3 N–H and O–H groups in total. The minimum absolute atomic E-state index is 0.0370. The summed E-state index contributed by atoms with van der Waals surface area (Å²) in [6.45, 7) is 5.66. The molecule has 0 saturated carbocycles. The van der Waals surface area contributed by atoms with Crippen molar-refractivity contribution in [3.05, 3.63) is 63.0 Å². The SMILES string of the molecule is CC(C)(C)[C@@]1(CNC(=O)c2ccccc2)C[C@@H](NS(=O)(=O)c2cc(Br)ccc2Br)CN1C(=O)O. The average Bonchev–Trinajstić information content (AvgIpc) is 3.13. The van der Waals surface area contributed by atoms with Crippen molar-refractivity contribution in [1.29, 1.82) is 0 Å². The normalized spacial score (nSPS) is 20.9. The van der Waals surface area contributed by atoms with Gasteiger partial charge >= 0.3 is 6.09 Å². The van der Waals surface area contributed by atoms with Gasteiger partial charge in [-0.05, 0) is 58.1 Å². The molecular weight excluding hydrogens is 590 g/mol. The van der Waals surface area contributed by atoms with E-state index in [1.165, 1.54) is 11.0 Å². The Bertz CT molecular complexity index is 1180. The Balaban J connectivity index is 1.90. The van der Waals surface area contributed by atoms with Crippen molar-refractivity contribution in [3.8, 4) is 0 Å². The number of benzene rings is 2. The van der Waals surface area contributed by atoms with Crippen molar-refractivity contribution in [3.63, 3.8) is 0 Å². The predicted molar refractivity (Wildman–Crippen MR) is 136 cm³/mol. The zero-order valence-electron chi connectivity index (χ0n) is 19.0. The van der Waals surface area contributed by atoms with Crippen molar-refractivity contribution in [2.75, 3.05) is 13.1 Å². The van der Waals surface area contributed by atoms with Gasteiger partial charge < -0.3 is 10.4 Å². The zero-order chi connectivity index (χ0) is 25.3. The molecule has 8 nitrogen and oxygen atoms in total. The lowest BCUT2D eigenvalue weighted by Crippen LogP contribution is -2.61. The van der Waals surface area contributed by atoms with Gasteiger partial charge in [-0.2, -0.15) is 0 Å². The number of rotatable bonds is 6. The second kappa shape index (κ2) is 9.96. The van der Waals surface area contributed by atoms with Gasteiger partial charge in [0, 0.05) is 33.6 Å². The summed E-state index contributed by atoms with van der Waals surface area (Å²) in [6, 6.07) is 12.8. The molecule has 2 amide bonds. The molecule has 34 heavy (non-hydrogen) atoms. The lowest BCUT2D eigenvalue weighted by molar-refractivity contribution is 0.0299. The topological polar surface area (TPSA) is 116 Å². The second-order valence-corrected chi connectivity index (χ2v) is 12.8. The van der Waals surface area contributed by atoms with E-state index in [0.717, 1.165) is 0 Å². The molecule has 2 aromatic carbocycles. The van der Waals surface area contributed by atoms with Crippen LogP contribution < -0.4 is 10.0 Å². The van der Waals surface area contributed by atoms with Gasteiger partial charge in [-0.15, -0.1) is 0 Å². The summed E-state index contributed by atoms with van der Waals surface area (Å²) < 4.78 is 30.0. The summed E-state index contributed by atoms with van der Waals surface area (Å²) in [4.78, 5) is 26.3. The summed E-state index contributed by atoms with van der Waals surface area (Å²) in [5, 5.41) is 12.9. The molecular formula is C23H27Br2N3O5S. The molecule has 3 rings (SSSR count). The summed E-state index contributed by atoms with van der Waals surface area (Å²) in [5.74, 6) is -0.323. The number of nitrogens with one attached hydrogen (secondary N) is 2. The number of sulfonamides is 1. The highest BCUT2D eigenvalue weighted by Crippen LogP contribution is 2.44. The standard InChI is InChI=1S/C23H27Br2N3O5S/c1-22(2,3)23(14-26-20(29)15-7-5-4-6-8-15)12-17(13-28(23)21(30)31)27-34(32,33)19-11-16(24)9-10-18(19)25/h4-11,17,27H,12-14H2,1-3H3,(H,26,29)(H,30,31)/t17-,23+/m1/s1. The lowest BCUT2D eigenvalue weighted by atomic mass is 9.71. The van der Waals surface area contributed by atoms with Gasteiger partial charge in [0.2, 0.25) is 10.0 Å². The second-order valence-electron chi connectivity index (χ2n) is 9.32. The highest BCUT2D eigenvalue weighted by molar-refractivity contribution is 9.11. The van der Waals surface area contributed by atoms with E-state index < -0.39 is 33.1 Å². The van der Waals surface area contributed by atoms with E-state index in [-0.39, 0.29) is 30.3 Å². The molecule has 0 unspecified atom stereocenters. The maximum Gasteiger partial charge on any atom is 0.407 e. The molecule has 184 valence electrons. The predicted octanol–water partition coefficient (Wildman–Crippen LogP) is 4.46. The number of carboxylic acid groups (broad SMARTS) is 1. The van der Waals surface area contributed by atoms with E-state index in [2.05, 4.69) is 41.9 Å². The van der Waals surface area contributed by atoms with Crippen molar-refractivity contribution in [1.82, 2.24) is 14.9 Å². The molecule has 0 bridgehead atoms. The van der Waals surface area contributed by atoms with E-state index in [0.29, 0.717) is 14.5 Å². The van der Waals surface area contributed by atoms with E-state index >= 15 is 0 Å². The van der Waals surface area contributed by atoms with Crippen LogP contribution in [0.25, 0.3) is 0 Å². The van der Waals surface area contributed by atoms with Crippen LogP contribution in [-0.2, 0) is 10.0 Å². The molecule has 1 fully saturated rings. The lowest BCUT2D eigenvalue weighted by Gasteiger charge is -2.47. The molecule has 11 heteroatoms. The zero-order valence-corrected chi connectivity index (χ0v) is 23.0. The van der Waals surface area contributed by atoms with Gasteiger partial charge in [-0.1, -0.05) is 54.9 Å². The first-order chi connectivity index (χ1) is 15.8. The van der Waals surface area contributed by atoms with Gasteiger partial charge in [0.25, 0.3) is 5.91 Å². The van der Waals surface area contributed by atoms with Gasteiger partial charge in [0.05, 0.1) is 10.4 Å². The number of hydrogen-bond donors (Lipinski definition) is 3. The molecule has 1 aliphatic rings. The van der Waals surface area contributed by atoms with Crippen LogP contribution in [0.3, 0.4) is 0 Å². The summed E-state index contributed by atoms with van der Waals surface area (Å²) >= 11 is 6.56. The summed E-state index contributed by atoms with van der Waals surface area (Å²) in [6.07, 6.45) is -0.975. The van der Waals surface area contributed by atoms with Crippen molar-refractivity contribution in [2.45, 2.75) is 43.7 Å². The van der Waals surface area contributed by atoms with Gasteiger partial charge in [-0.25, -0.2) is 17.9 Å². The monoisotopic (exact) mass is 615 g/mol. The molecule has 1 heterocycles. The quantitative estimate of drug-likeness (QED) is 0.443. The molecule has 2 atom stereocenters. The van der Waals surface area contributed by atoms with Crippen LogP contribution in [0.5, 0.6) is 0 Å². The van der Waals surface area contributed by atoms with Crippen LogP contribution in [0.1, 0.15) is 37.6 Å². The van der Waals surface area contributed by atoms with Gasteiger partial charge in [0.15, 0.2) is 0 Å². The molecule has 2 aromatic rings. The third-order valence-corrected chi connectivity index (χ3v) is 9.22. The Kier molecular flexibility index (Phi) is 7.81. The minimum atomic E-state index is -3.95. The Morgan fingerprint density at radius 3 is 2.38 bits per heavy atom. The fraction of sp³-hybridized carbons (Fsp3) is 0.391. The number of nitrogens with zero attached hydrogens (tertiary/aromatic N) is 1. The van der Waals surface area contributed by atoms with E-state index in [9.17, 15) is 23.1 Å². The van der Waals surface area contributed by atoms with Gasteiger partial charge in [-0.3, -0.25) is 9.69 Å². The van der Waals surface area contributed by atoms with Crippen molar-refractivity contribution < 1.29 is 23.1 Å². The fourth-order valence-electron chi connectivity index (χ4n) is 4.35. The van der Waals surface area contributed by atoms with E-state index in [4.69, 9.17) is 0 Å². The van der Waals surface area contributed by atoms with Crippen LogP contribution in [0.2, 0.25) is 0 Å². The molecule has 0 aliphatic carbocycles. The Hall–Kier alpha value is -1.95. The molecule has 0 spiro atoms. The first-order valence-corrected chi connectivity index (χ1v) is 13.6. The Morgan fingerprint density at radius 2 is 1.79 bits per heavy atom. The smallest absolute Gasteiger partial charge is 0.407 e. The number of halogens is 2. The molecule has 0 aromatic heterocycles. The number of hydrogen-bond acceptors (Lipinski definition) is 4. The molecule has 1 aliphatic heterocycles. The number of carbonyl (C=O) groups is 2. The van der Waals surface area contributed by atoms with Crippen molar-refractivity contribution >= 4 is 53.9 Å². The van der Waals surface area contributed by atoms with Crippen molar-refractivity contribution in [2.24, 2.45) is 5.41 Å². The number of carbonyl (C=O) groups excluding carboxylic acids is 1. The van der Waals surface area contributed by atoms with Crippen LogP contribution in [0.4, 0.5) is 4.79 Å². The first kappa shape index (κ1) is 26.7. The summed E-state index contributed by atoms with van der Waals surface area (Å²) in [7, 11) is -3.95. The first-order valence-electron chi connectivity index (χ1n) is 10.6. The molecule has 1 saturated heterocycles. The average molecular weight is 617 g/mol. The highest BCUT2D eigenvalue weighted by Gasteiger charge is 2.55. The summed E-state index contributed by atoms with van der Waals surface area (Å²) in [5.41, 5.74) is -1.18. The van der Waals surface area contributed by atoms with Crippen LogP contribution in [-0.4, -0.2) is 55.1 Å². The number of amides is 2.